The molecule has 20 heavy (non-hydrogen) atoms. The Bertz CT molecular complexity index is 289. The number of carbonyl (C=O) groups is 1. The zero-order valence-electron chi connectivity index (χ0n) is 13.3. The van der Waals surface area contributed by atoms with Crippen LogP contribution >= 0.6 is 0 Å². The normalized spacial score (nSPS) is 23.4. The molecule has 0 heterocycles. The minimum absolute atomic E-state index is 0.221. The van der Waals surface area contributed by atoms with Gasteiger partial charge in [0.15, 0.2) is 0 Å². The van der Waals surface area contributed by atoms with Gasteiger partial charge in [-0.15, -0.1) is 0 Å². The molecule has 0 bridgehead atoms. The molecule has 1 amide bonds. The topological polar surface area (TPSA) is 59.6 Å². The van der Waals surface area contributed by atoms with E-state index in [-0.39, 0.29) is 12.1 Å². The molecule has 1 saturated carbocycles. The first-order valence-electron chi connectivity index (χ1n) is 7.62. The van der Waals surface area contributed by atoms with E-state index in [2.05, 4.69) is 10.6 Å². The van der Waals surface area contributed by atoms with Crippen molar-refractivity contribution in [3.63, 3.8) is 0 Å². The van der Waals surface area contributed by atoms with Gasteiger partial charge in [-0.05, 0) is 59.4 Å². The molecule has 0 radical (unpaired) electrons. The van der Waals surface area contributed by atoms with Crippen molar-refractivity contribution in [2.24, 2.45) is 0 Å². The molecule has 5 nitrogen and oxygen atoms in total. The molecule has 1 fully saturated rings. The zero-order chi connectivity index (χ0) is 15.0. The van der Waals surface area contributed by atoms with E-state index < -0.39 is 5.60 Å². The molecule has 118 valence electrons. The second-order valence-corrected chi connectivity index (χ2v) is 6.51. The van der Waals surface area contributed by atoms with E-state index in [0.29, 0.717) is 6.04 Å². The number of alkyl carbamates (subject to hydrolysis) is 1. The van der Waals surface area contributed by atoms with Gasteiger partial charge >= 0.3 is 6.09 Å². The van der Waals surface area contributed by atoms with Crippen molar-refractivity contribution in [2.75, 3.05) is 20.3 Å². The van der Waals surface area contributed by atoms with Crippen LogP contribution in [0.25, 0.3) is 0 Å². The molecular weight excluding hydrogens is 256 g/mol. The zero-order valence-corrected chi connectivity index (χ0v) is 13.3. The second kappa shape index (κ2) is 8.47. The highest BCUT2D eigenvalue weighted by Crippen LogP contribution is 2.19. The second-order valence-electron chi connectivity index (χ2n) is 6.51. The number of nitrogens with one attached hydrogen (secondary N) is 2. The van der Waals surface area contributed by atoms with Crippen LogP contribution in [0.2, 0.25) is 0 Å². The summed E-state index contributed by atoms with van der Waals surface area (Å²) in [6.45, 7) is 7.41. The first-order chi connectivity index (χ1) is 9.40. The number of rotatable bonds is 6. The quantitative estimate of drug-likeness (QED) is 0.736. The number of carbonyl (C=O) groups excluding carboxylic acids is 1. The van der Waals surface area contributed by atoms with Gasteiger partial charge in [-0.25, -0.2) is 4.79 Å². The lowest BCUT2D eigenvalue weighted by Crippen LogP contribution is -2.45. The number of hydrogen-bond donors (Lipinski definition) is 2. The minimum Gasteiger partial charge on any atom is -0.444 e. The number of ether oxygens (including phenoxy) is 2. The molecule has 0 aromatic rings. The Morgan fingerprint density at radius 3 is 2.60 bits per heavy atom. The number of amides is 1. The molecule has 0 aromatic heterocycles. The van der Waals surface area contributed by atoms with Gasteiger partial charge in [0.05, 0.1) is 0 Å². The highest BCUT2D eigenvalue weighted by Gasteiger charge is 2.25. The Hall–Kier alpha value is -0.810. The van der Waals surface area contributed by atoms with Gasteiger partial charge in [0, 0.05) is 25.8 Å². The summed E-state index contributed by atoms with van der Waals surface area (Å²) < 4.78 is 10.3. The van der Waals surface area contributed by atoms with Crippen molar-refractivity contribution in [1.29, 1.82) is 0 Å². The average molecular weight is 286 g/mol. The summed E-state index contributed by atoms with van der Waals surface area (Å²) in [5, 5.41) is 6.52. The van der Waals surface area contributed by atoms with Crippen LogP contribution in [0.3, 0.4) is 0 Å². The summed E-state index contributed by atoms with van der Waals surface area (Å²) in [6, 6.07) is 0.707. The minimum atomic E-state index is -0.434. The summed E-state index contributed by atoms with van der Waals surface area (Å²) in [6.07, 6.45) is 5.06. The Kier molecular flexibility index (Phi) is 7.30. The van der Waals surface area contributed by atoms with Crippen LogP contribution in [0.1, 0.15) is 52.9 Å². The highest BCUT2D eigenvalue weighted by atomic mass is 16.6. The molecule has 1 rings (SSSR count). The summed E-state index contributed by atoms with van der Waals surface area (Å²) in [4.78, 5) is 11.8. The molecule has 2 atom stereocenters. The highest BCUT2D eigenvalue weighted by molar-refractivity contribution is 5.68. The third-order valence-electron chi connectivity index (χ3n) is 3.35. The van der Waals surface area contributed by atoms with Crippen LogP contribution in [0.4, 0.5) is 4.79 Å². The van der Waals surface area contributed by atoms with Crippen LogP contribution in [-0.4, -0.2) is 44.0 Å². The van der Waals surface area contributed by atoms with Gasteiger partial charge in [0.1, 0.15) is 5.60 Å². The van der Waals surface area contributed by atoms with Gasteiger partial charge in [-0.1, -0.05) is 0 Å². The van der Waals surface area contributed by atoms with E-state index in [9.17, 15) is 4.79 Å². The van der Waals surface area contributed by atoms with Gasteiger partial charge < -0.3 is 20.1 Å². The third-order valence-corrected chi connectivity index (χ3v) is 3.35. The van der Waals surface area contributed by atoms with Crippen molar-refractivity contribution < 1.29 is 14.3 Å². The molecule has 0 spiro atoms. The van der Waals surface area contributed by atoms with E-state index in [1.54, 1.807) is 7.11 Å². The van der Waals surface area contributed by atoms with E-state index in [0.717, 1.165) is 38.8 Å². The first-order valence-corrected chi connectivity index (χ1v) is 7.62. The summed E-state index contributed by atoms with van der Waals surface area (Å²) >= 11 is 0. The maximum absolute atomic E-state index is 11.8. The van der Waals surface area contributed by atoms with Crippen molar-refractivity contribution in [2.45, 2.75) is 70.6 Å². The molecule has 2 N–H and O–H groups in total. The predicted octanol–water partition coefficient (Wildman–Crippen LogP) is 2.45. The first kappa shape index (κ1) is 17.2. The number of hydrogen-bond acceptors (Lipinski definition) is 4. The molecule has 0 saturated heterocycles. The van der Waals surface area contributed by atoms with Gasteiger partial charge in [-0.2, -0.15) is 0 Å². The summed E-state index contributed by atoms with van der Waals surface area (Å²) in [7, 11) is 1.72. The van der Waals surface area contributed by atoms with Crippen molar-refractivity contribution in [3.8, 4) is 0 Å². The van der Waals surface area contributed by atoms with Crippen LogP contribution in [0, 0.1) is 0 Å². The molecular formula is C15H30N2O3. The van der Waals surface area contributed by atoms with Gasteiger partial charge in [-0.3, -0.25) is 0 Å². The monoisotopic (exact) mass is 286 g/mol. The summed E-state index contributed by atoms with van der Waals surface area (Å²) in [5.41, 5.74) is -0.434. The SMILES string of the molecule is COCCCNC1CCCC(NC(=O)OC(C)(C)C)C1. The largest absolute Gasteiger partial charge is 0.444 e. The molecule has 5 heteroatoms. The molecule has 2 unspecified atom stereocenters. The molecule has 0 aliphatic heterocycles. The van der Waals surface area contributed by atoms with Gasteiger partial charge in [0.25, 0.3) is 0 Å². The number of methoxy groups -OCH3 is 1. The van der Waals surface area contributed by atoms with Gasteiger partial charge in [0.2, 0.25) is 0 Å². The van der Waals surface area contributed by atoms with Crippen LogP contribution < -0.4 is 10.6 Å². The standard InChI is InChI=1S/C15H30N2O3/c1-15(2,3)20-14(18)17-13-8-5-7-12(11-13)16-9-6-10-19-4/h12-13,16H,5-11H2,1-4H3,(H,17,18). The third kappa shape index (κ3) is 7.70. The molecule has 0 aromatic carbocycles. The van der Waals surface area contributed by atoms with Crippen molar-refractivity contribution >= 4 is 6.09 Å². The van der Waals surface area contributed by atoms with Crippen LogP contribution in [-0.2, 0) is 9.47 Å². The average Bonchev–Trinajstić information content (AvgIpc) is 2.32. The lowest BCUT2D eigenvalue weighted by Gasteiger charge is -2.31. The maximum Gasteiger partial charge on any atom is 0.407 e. The van der Waals surface area contributed by atoms with Crippen LogP contribution in [0.5, 0.6) is 0 Å². The lowest BCUT2D eigenvalue weighted by atomic mass is 9.91. The fraction of sp³-hybridized carbons (Fsp3) is 0.933. The fourth-order valence-corrected chi connectivity index (χ4v) is 2.50. The van der Waals surface area contributed by atoms with Crippen LogP contribution in [0.15, 0.2) is 0 Å². The Morgan fingerprint density at radius 2 is 1.95 bits per heavy atom. The van der Waals surface area contributed by atoms with E-state index in [1.807, 2.05) is 20.8 Å². The molecule has 1 aliphatic rings. The lowest BCUT2D eigenvalue weighted by molar-refractivity contribution is 0.0488. The smallest absolute Gasteiger partial charge is 0.407 e. The molecule has 1 aliphatic carbocycles. The fourth-order valence-electron chi connectivity index (χ4n) is 2.50. The Balaban J connectivity index is 2.24. The van der Waals surface area contributed by atoms with Crippen molar-refractivity contribution in [1.82, 2.24) is 10.6 Å². The summed E-state index contributed by atoms with van der Waals surface area (Å²) in [5.74, 6) is 0. The Labute approximate surface area is 122 Å². The van der Waals surface area contributed by atoms with E-state index in [1.165, 1.54) is 6.42 Å². The Morgan fingerprint density at radius 1 is 1.25 bits per heavy atom. The van der Waals surface area contributed by atoms with Crippen molar-refractivity contribution in [3.05, 3.63) is 0 Å². The van der Waals surface area contributed by atoms with E-state index >= 15 is 0 Å². The predicted molar refractivity (Wildman–Crippen MR) is 79.9 cm³/mol. The maximum atomic E-state index is 11.8. The van der Waals surface area contributed by atoms with E-state index in [4.69, 9.17) is 9.47 Å².